The molecule has 0 unspecified atom stereocenters. The first-order valence-electron chi connectivity index (χ1n) is 10.8. The maximum absolute atomic E-state index is 13.4. The molecule has 1 amide bonds. The highest BCUT2D eigenvalue weighted by atomic mass is 35.5. The lowest BCUT2D eigenvalue weighted by atomic mass is 10.0. The number of carbonyl (C=O) groups is 1. The van der Waals surface area contributed by atoms with Gasteiger partial charge in [0, 0.05) is 53.9 Å². The number of fused-ring (bicyclic) bond motifs is 1. The van der Waals surface area contributed by atoms with Crippen molar-refractivity contribution in [2.45, 2.75) is 11.1 Å². The summed E-state index contributed by atoms with van der Waals surface area (Å²) in [6.45, 7) is 3.03. The normalized spacial score (nSPS) is 15.1. The van der Waals surface area contributed by atoms with Gasteiger partial charge >= 0.3 is 0 Å². The summed E-state index contributed by atoms with van der Waals surface area (Å²) in [5.41, 5.74) is 3.35. The quantitative estimate of drug-likeness (QED) is 0.383. The molecule has 2 aromatic heterocycles. The minimum absolute atomic E-state index is 0.0917. The molecule has 5 rings (SSSR count). The first-order valence-corrected chi connectivity index (χ1v) is 13.5. The molecule has 34 heavy (non-hydrogen) atoms. The number of hydrogen-bond donors (Lipinski definition) is 0. The molecule has 1 fully saturated rings. The van der Waals surface area contributed by atoms with E-state index in [-0.39, 0.29) is 19.0 Å². The summed E-state index contributed by atoms with van der Waals surface area (Å²) in [4.78, 5) is 18.8. The van der Waals surface area contributed by atoms with Crippen molar-refractivity contribution in [3.8, 4) is 11.1 Å². The number of amides is 1. The van der Waals surface area contributed by atoms with Crippen molar-refractivity contribution < 1.29 is 13.2 Å². The third kappa shape index (κ3) is 4.22. The van der Waals surface area contributed by atoms with Gasteiger partial charge in [-0.1, -0.05) is 23.7 Å². The van der Waals surface area contributed by atoms with E-state index in [1.807, 2.05) is 49.4 Å². The Bertz CT molecular complexity index is 1460. The van der Waals surface area contributed by atoms with Crippen LogP contribution < -0.4 is 0 Å². The van der Waals surface area contributed by atoms with Gasteiger partial charge in [0.05, 0.1) is 0 Å². The van der Waals surface area contributed by atoms with Gasteiger partial charge in [0.15, 0.2) is 0 Å². The second-order valence-electron chi connectivity index (χ2n) is 8.16. The lowest BCUT2D eigenvalue weighted by Crippen LogP contribution is -2.50. The predicted octanol–water partition coefficient (Wildman–Crippen LogP) is 5.07. The van der Waals surface area contributed by atoms with Gasteiger partial charge in [0.1, 0.15) is 4.21 Å². The Labute approximate surface area is 207 Å². The number of pyridine rings is 1. The smallest absolute Gasteiger partial charge is 0.253 e. The van der Waals surface area contributed by atoms with Gasteiger partial charge in [-0.3, -0.25) is 9.78 Å². The molecule has 0 spiro atoms. The first kappa shape index (κ1) is 23.0. The number of aromatic nitrogens is 1. The molecule has 9 heteroatoms. The molecule has 6 nitrogen and oxygen atoms in total. The molecular formula is C25H22ClN3O3S2. The second kappa shape index (κ2) is 9.11. The van der Waals surface area contributed by atoms with Crippen LogP contribution in [0.4, 0.5) is 0 Å². The van der Waals surface area contributed by atoms with Crippen molar-refractivity contribution >= 4 is 49.0 Å². The zero-order valence-corrected chi connectivity index (χ0v) is 20.8. The van der Waals surface area contributed by atoms with Gasteiger partial charge in [-0.15, -0.1) is 11.3 Å². The van der Waals surface area contributed by atoms with Crippen molar-refractivity contribution in [2.24, 2.45) is 0 Å². The second-order valence-corrected chi connectivity index (χ2v) is 11.8. The van der Waals surface area contributed by atoms with Crippen LogP contribution in [-0.2, 0) is 10.0 Å². The fourth-order valence-corrected chi connectivity index (χ4v) is 7.67. The van der Waals surface area contributed by atoms with Crippen LogP contribution >= 0.6 is 22.9 Å². The Morgan fingerprint density at radius 3 is 2.26 bits per heavy atom. The molecule has 0 bridgehead atoms. The Balaban J connectivity index is 1.29. The Hall–Kier alpha value is -2.78. The fraction of sp³-hybridized carbons (Fsp3) is 0.200. The molecule has 1 aliphatic heterocycles. The molecule has 2 aromatic carbocycles. The van der Waals surface area contributed by atoms with Crippen molar-refractivity contribution in [1.82, 2.24) is 14.2 Å². The van der Waals surface area contributed by atoms with E-state index < -0.39 is 10.0 Å². The summed E-state index contributed by atoms with van der Waals surface area (Å²) in [5.74, 6) is -0.0917. The number of rotatable bonds is 4. The molecule has 1 aliphatic rings. The van der Waals surface area contributed by atoms with E-state index in [1.165, 1.54) is 15.6 Å². The Morgan fingerprint density at radius 1 is 0.941 bits per heavy atom. The largest absolute Gasteiger partial charge is 0.336 e. The maximum Gasteiger partial charge on any atom is 0.253 e. The average molecular weight is 512 g/mol. The standard InChI is InChI=1S/C25H22ClN3O3S2/c1-17-22-16-21(26)6-7-23(22)33-25(17)34(31,32)29-14-12-28(13-15-29)24(30)20-4-2-18(3-5-20)19-8-10-27-11-9-19/h2-11,16H,12-15H2,1H3. The van der Waals surface area contributed by atoms with Crippen LogP contribution in [0.25, 0.3) is 21.2 Å². The molecule has 0 saturated carbocycles. The van der Waals surface area contributed by atoms with Gasteiger partial charge in [-0.05, 0) is 71.5 Å². The van der Waals surface area contributed by atoms with Crippen molar-refractivity contribution in [2.75, 3.05) is 26.2 Å². The number of piperazine rings is 1. The van der Waals surface area contributed by atoms with Crippen LogP contribution in [0.3, 0.4) is 0 Å². The number of benzene rings is 2. The number of thiophene rings is 1. The minimum atomic E-state index is -3.65. The molecule has 174 valence electrons. The van der Waals surface area contributed by atoms with E-state index in [4.69, 9.17) is 11.6 Å². The number of hydrogen-bond acceptors (Lipinski definition) is 5. The average Bonchev–Trinajstić information content (AvgIpc) is 3.20. The maximum atomic E-state index is 13.4. The summed E-state index contributed by atoms with van der Waals surface area (Å²) < 4.78 is 29.5. The molecule has 4 aromatic rings. The zero-order chi connectivity index (χ0) is 23.9. The number of carbonyl (C=O) groups excluding carboxylic acids is 1. The molecule has 0 aliphatic carbocycles. The minimum Gasteiger partial charge on any atom is -0.336 e. The predicted molar refractivity (Wildman–Crippen MR) is 136 cm³/mol. The number of nitrogens with zero attached hydrogens (tertiary/aromatic N) is 3. The van der Waals surface area contributed by atoms with E-state index in [9.17, 15) is 13.2 Å². The highest BCUT2D eigenvalue weighted by Gasteiger charge is 2.33. The fourth-order valence-electron chi connectivity index (χ4n) is 4.20. The first-order chi connectivity index (χ1) is 16.3. The third-order valence-electron chi connectivity index (χ3n) is 6.10. The highest BCUT2D eigenvalue weighted by Crippen LogP contribution is 2.37. The summed E-state index contributed by atoms with van der Waals surface area (Å²) in [6.07, 6.45) is 3.47. The Kier molecular flexibility index (Phi) is 6.16. The van der Waals surface area contributed by atoms with Gasteiger partial charge in [0.25, 0.3) is 15.9 Å². The van der Waals surface area contributed by atoms with Crippen molar-refractivity contribution in [3.63, 3.8) is 0 Å². The van der Waals surface area contributed by atoms with E-state index in [1.54, 1.807) is 29.4 Å². The number of halogens is 1. The van der Waals surface area contributed by atoms with Crippen LogP contribution in [0, 0.1) is 6.92 Å². The summed E-state index contributed by atoms with van der Waals surface area (Å²) in [7, 11) is -3.65. The monoisotopic (exact) mass is 511 g/mol. The summed E-state index contributed by atoms with van der Waals surface area (Å²) >= 11 is 7.37. The van der Waals surface area contributed by atoms with E-state index in [2.05, 4.69) is 4.98 Å². The van der Waals surface area contributed by atoms with Gasteiger partial charge in [0.2, 0.25) is 0 Å². The third-order valence-corrected chi connectivity index (χ3v) is 10.1. The lowest BCUT2D eigenvalue weighted by Gasteiger charge is -2.34. The van der Waals surface area contributed by atoms with Crippen LogP contribution in [0.5, 0.6) is 0 Å². The number of sulfonamides is 1. The molecule has 3 heterocycles. The van der Waals surface area contributed by atoms with E-state index in [0.717, 1.165) is 26.8 Å². The number of aryl methyl sites for hydroxylation is 1. The highest BCUT2D eigenvalue weighted by molar-refractivity contribution is 7.91. The van der Waals surface area contributed by atoms with Crippen LogP contribution in [0.15, 0.2) is 71.2 Å². The van der Waals surface area contributed by atoms with E-state index in [0.29, 0.717) is 27.9 Å². The summed E-state index contributed by atoms with van der Waals surface area (Å²) in [5, 5.41) is 1.44. The molecular weight excluding hydrogens is 490 g/mol. The Morgan fingerprint density at radius 2 is 1.59 bits per heavy atom. The molecule has 1 saturated heterocycles. The van der Waals surface area contributed by atoms with Gasteiger partial charge in [-0.25, -0.2) is 8.42 Å². The topological polar surface area (TPSA) is 70.6 Å². The molecule has 0 atom stereocenters. The van der Waals surface area contributed by atoms with Crippen LogP contribution in [0.1, 0.15) is 15.9 Å². The lowest BCUT2D eigenvalue weighted by molar-refractivity contribution is 0.0698. The SMILES string of the molecule is Cc1c(S(=O)(=O)N2CCN(C(=O)c3ccc(-c4ccncc4)cc3)CC2)sc2ccc(Cl)cc12. The van der Waals surface area contributed by atoms with Crippen LogP contribution in [-0.4, -0.2) is 54.7 Å². The van der Waals surface area contributed by atoms with Crippen LogP contribution in [0.2, 0.25) is 5.02 Å². The molecule has 0 N–H and O–H groups in total. The molecule has 0 radical (unpaired) electrons. The van der Waals surface area contributed by atoms with Crippen molar-refractivity contribution in [1.29, 1.82) is 0 Å². The summed E-state index contributed by atoms with van der Waals surface area (Å²) in [6, 6.07) is 16.7. The van der Waals surface area contributed by atoms with Crippen molar-refractivity contribution in [3.05, 3.63) is 83.1 Å². The zero-order valence-electron chi connectivity index (χ0n) is 18.4. The van der Waals surface area contributed by atoms with E-state index >= 15 is 0 Å². The van der Waals surface area contributed by atoms with Gasteiger partial charge < -0.3 is 4.90 Å². The van der Waals surface area contributed by atoms with Gasteiger partial charge in [-0.2, -0.15) is 4.31 Å².